The third-order valence-corrected chi connectivity index (χ3v) is 4.34. The molecule has 5 heteroatoms. The summed E-state index contributed by atoms with van der Waals surface area (Å²) in [5.74, 6) is 0.397. The summed E-state index contributed by atoms with van der Waals surface area (Å²) in [6, 6.07) is 2.91. The van der Waals surface area contributed by atoms with Crippen LogP contribution in [0.3, 0.4) is 0 Å². The molecule has 18 heavy (non-hydrogen) atoms. The predicted octanol–water partition coefficient (Wildman–Crippen LogP) is 2.62. The van der Waals surface area contributed by atoms with E-state index >= 15 is 0 Å². The molecule has 98 valence electrons. The van der Waals surface area contributed by atoms with E-state index in [4.69, 9.17) is 0 Å². The maximum atomic E-state index is 12.6. The SMILES string of the molecule is CCS[C@H]1CC[C@H](NC(=O)c2ccc(F)nc2)C1. The first kappa shape index (κ1) is 13.3. The summed E-state index contributed by atoms with van der Waals surface area (Å²) in [6.45, 7) is 2.15. The van der Waals surface area contributed by atoms with Gasteiger partial charge >= 0.3 is 0 Å². The number of nitrogens with zero attached hydrogens (tertiary/aromatic N) is 1. The average Bonchev–Trinajstić information content (AvgIpc) is 2.78. The average molecular weight is 268 g/mol. The second-order valence-corrected chi connectivity index (χ2v) is 6.01. The molecule has 1 aromatic heterocycles. The quantitative estimate of drug-likeness (QED) is 0.854. The molecular weight excluding hydrogens is 251 g/mol. The van der Waals surface area contributed by atoms with Crippen molar-refractivity contribution in [2.45, 2.75) is 37.5 Å². The molecule has 1 heterocycles. The molecule has 0 radical (unpaired) electrons. The lowest BCUT2D eigenvalue weighted by Crippen LogP contribution is -2.33. The Hall–Kier alpha value is -1.10. The highest BCUT2D eigenvalue weighted by Crippen LogP contribution is 2.29. The number of halogens is 1. The second kappa shape index (κ2) is 6.18. The molecule has 2 atom stereocenters. The Morgan fingerprint density at radius 3 is 3.06 bits per heavy atom. The normalized spacial score (nSPS) is 23.0. The van der Waals surface area contributed by atoms with Crippen LogP contribution in [0.2, 0.25) is 0 Å². The highest BCUT2D eigenvalue weighted by molar-refractivity contribution is 7.99. The number of carbonyl (C=O) groups excluding carboxylic acids is 1. The second-order valence-electron chi connectivity index (χ2n) is 4.43. The molecule has 3 nitrogen and oxygen atoms in total. The van der Waals surface area contributed by atoms with E-state index in [1.165, 1.54) is 18.3 Å². The lowest BCUT2D eigenvalue weighted by Gasteiger charge is -2.12. The minimum atomic E-state index is -0.563. The molecule has 0 aliphatic heterocycles. The van der Waals surface area contributed by atoms with Crippen LogP contribution in [0.1, 0.15) is 36.5 Å². The van der Waals surface area contributed by atoms with Gasteiger partial charge in [-0.3, -0.25) is 4.79 Å². The Morgan fingerprint density at radius 2 is 2.39 bits per heavy atom. The highest BCUT2D eigenvalue weighted by atomic mass is 32.2. The van der Waals surface area contributed by atoms with E-state index in [0.717, 1.165) is 25.0 Å². The van der Waals surface area contributed by atoms with Gasteiger partial charge in [0.2, 0.25) is 5.95 Å². The summed E-state index contributed by atoms with van der Waals surface area (Å²) < 4.78 is 12.6. The minimum Gasteiger partial charge on any atom is -0.349 e. The first-order valence-corrected chi connectivity index (χ1v) is 7.28. The molecule has 0 aromatic carbocycles. The fraction of sp³-hybridized carbons (Fsp3) is 0.538. The first-order valence-electron chi connectivity index (χ1n) is 6.23. The van der Waals surface area contributed by atoms with Gasteiger partial charge in [-0.25, -0.2) is 4.98 Å². The molecular formula is C13H17FN2OS. The van der Waals surface area contributed by atoms with Gasteiger partial charge in [0.15, 0.2) is 0 Å². The summed E-state index contributed by atoms with van der Waals surface area (Å²) in [5, 5.41) is 3.65. The number of carbonyl (C=O) groups is 1. The van der Waals surface area contributed by atoms with Crippen LogP contribution in [-0.2, 0) is 0 Å². The van der Waals surface area contributed by atoms with Crippen molar-refractivity contribution in [3.05, 3.63) is 29.8 Å². The number of rotatable bonds is 4. The van der Waals surface area contributed by atoms with Crippen LogP contribution in [0.25, 0.3) is 0 Å². The van der Waals surface area contributed by atoms with Crippen LogP contribution in [0.5, 0.6) is 0 Å². The third kappa shape index (κ3) is 3.45. The van der Waals surface area contributed by atoms with Gasteiger partial charge in [-0.15, -0.1) is 0 Å². The third-order valence-electron chi connectivity index (χ3n) is 3.11. The Kier molecular flexibility index (Phi) is 4.58. The topological polar surface area (TPSA) is 42.0 Å². The van der Waals surface area contributed by atoms with Crippen molar-refractivity contribution < 1.29 is 9.18 Å². The highest BCUT2D eigenvalue weighted by Gasteiger charge is 2.25. The lowest BCUT2D eigenvalue weighted by atomic mass is 10.2. The number of thioether (sulfide) groups is 1. The summed E-state index contributed by atoms with van der Waals surface area (Å²) >= 11 is 1.95. The smallest absolute Gasteiger partial charge is 0.253 e. The van der Waals surface area contributed by atoms with Gasteiger partial charge in [0.05, 0.1) is 5.56 Å². The van der Waals surface area contributed by atoms with E-state index in [1.807, 2.05) is 11.8 Å². The monoisotopic (exact) mass is 268 g/mol. The van der Waals surface area contributed by atoms with Crippen molar-refractivity contribution in [2.24, 2.45) is 0 Å². The zero-order valence-electron chi connectivity index (χ0n) is 10.4. The van der Waals surface area contributed by atoms with Crippen molar-refractivity contribution in [2.75, 3.05) is 5.75 Å². The van der Waals surface area contributed by atoms with Crippen LogP contribution in [0.4, 0.5) is 4.39 Å². The molecule has 1 aliphatic carbocycles. The van der Waals surface area contributed by atoms with Crippen LogP contribution in [0.15, 0.2) is 18.3 Å². The largest absolute Gasteiger partial charge is 0.349 e. The Balaban J connectivity index is 1.87. The van der Waals surface area contributed by atoms with E-state index < -0.39 is 5.95 Å². The predicted molar refractivity (Wildman–Crippen MR) is 71.2 cm³/mol. The van der Waals surface area contributed by atoms with Crippen LogP contribution in [-0.4, -0.2) is 27.9 Å². The zero-order chi connectivity index (χ0) is 13.0. The van der Waals surface area contributed by atoms with Crippen LogP contribution >= 0.6 is 11.8 Å². The fourth-order valence-corrected chi connectivity index (χ4v) is 3.38. The number of hydrogen-bond acceptors (Lipinski definition) is 3. The molecule has 1 N–H and O–H groups in total. The molecule has 1 aromatic rings. The molecule has 1 fully saturated rings. The standard InChI is InChI=1S/C13H17FN2OS/c1-2-18-11-5-4-10(7-11)16-13(17)9-3-6-12(14)15-8-9/h3,6,8,10-11H,2,4-5,7H2,1H3,(H,16,17)/t10-,11-/m0/s1. The van der Waals surface area contributed by atoms with Gasteiger partial charge < -0.3 is 5.32 Å². The van der Waals surface area contributed by atoms with Crippen molar-refractivity contribution >= 4 is 17.7 Å². The minimum absolute atomic E-state index is 0.158. The van der Waals surface area contributed by atoms with Gasteiger partial charge in [0.1, 0.15) is 0 Å². The molecule has 1 amide bonds. The molecule has 0 saturated heterocycles. The van der Waals surface area contributed by atoms with Crippen LogP contribution < -0.4 is 5.32 Å². The maximum Gasteiger partial charge on any atom is 0.253 e. The summed E-state index contributed by atoms with van der Waals surface area (Å²) in [6.07, 6.45) is 4.49. The van der Waals surface area contributed by atoms with E-state index in [2.05, 4.69) is 17.2 Å². The zero-order valence-corrected chi connectivity index (χ0v) is 11.2. The molecule has 2 rings (SSSR count). The number of nitrogens with one attached hydrogen (secondary N) is 1. The number of amides is 1. The van der Waals surface area contributed by atoms with E-state index in [0.29, 0.717) is 10.8 Å². The lowest BCUT2D eigenvalue weighted by molar-refractivity contribution is 0.0937. The molecule has 0 unspecified atom stereocenters. The molecule has 1 aliphatic rings. The van der Waals surface area contributed by atoms with E-state index in [9.17, 15) is 9.18 Å². The Bertz CT molecular complexity index is 410. The number of pyridine rings is 1. The Labute approximate surface area is 111 Å². The molecule has 1 saturated carbocycles. The summed E-state index contributed by atoms with van der Waals surface area (Å²) in [5.41, 5.74) is 0.419. The fourth-order valence-electron chi connectivity index (χ4n) is 2.24. The summed E-state index contributed by atoms with van der Waals surface area (Å²) in [4.78, 5) is 15.4. The van der Waals surface area contributed by atoms with Gasteiger partial charge in [0.25, 0.3) is 5.91 Å². The number of hydrogen-bond donors (Lipinski definition) is 1. The van der Waals surface area contributed by atoms with Gasteiger partial charge in [0, 0.05) is 17.5 Å². The molecule has 0 spiro atoms. The summed E-state index contributed by atoms with van der Waals surface area (Å²) in [7, 11) is 0. The first-order chi connectivity index (χ1) is 8.69. The van der Waals surface area contributed by atoms with Crippen molar-refractivity contribution in [3.8, 4) is 0 Å². The van der Waals surface area contributed by atoms with Crippen LogP contribution in [0, 0.1) is 5.95 Å². The van der Waals surface area contributed by atoms with E-state index in [1.54, 1.807) is 0 Å². The van der Waals surface area contributed by atoms with Crippen molar-refractivity contribution in [3.63, 3.8) is 0 Å². The Morgan fingerprint density at radius 1 is 1.56 bits per heavy atom. The van der Waals surface area contributed by atoms with Gasteiger partial charge in [-0.05, 0) is 37.1 Å². The molecule has 0 bridgehead atoms. The van der Waals surface area contributed by atoms with E-state index in [-0.39, 0.29) is 11.9 Å². The van der Waals surface area contributed by atoms with Gasteiger partial charge in [-0.1, -0.05) is 6.92 Å². The number of aromatic nitrogens is 1. The maximum absolute atomic E-state index is 12.6. The van der Waals surface area contributed by atoms with Gasteiger partial charge in [-0.2, -0.15) is 16.2 Å². The van der Waals surface area contributed by atoms with Crippen molar-refractivity contribution in [1.29, 1.82) is 0 Å². The van der Waals surface area contributed by atoms with Crippen molar-refractivity contribution in [1.82, 2.24) is 10.3 Å².